The van der Waals surface area contributed by atoms with Crippen LogP contribution >= 0.6 is 11.9 Å². The van der Waals surface area contributed by atoms with Crippen molar-refractivity contribution in [3.8, 4) is 0 Å². The van der Waals surface area contributed by atoms with E-state index in [2.05, 4.69) is 10.6 Å². The molecule has 2 saturated carbocycles. The lowest BCUT2D eigenvalue weighted by Crippen LogP contribution is -2.62. The van der Waals surface area contributed by atoms with Crippen LogP contribution in [0.3, 0.4) is 0 Å². The molecule has 1 unspecified atom stereocenters. The number of nitrogens with one attached hydrogen (secondary N) is 1. The number of hydrazine groups is 1. The van der Waals surface area contributed by atoms with Crippen molar-refractivity contribution < 1.29 is 19.8 Å². The predicted octanol–water partition coefficient (Wildman–Crippen LogP) is 2.02. The molecule has 0 radical (unpaired) electrons. The normalized spacial score (nSPS) is 34.6. The Kier molecular flexibility index (Phi) is 5.43. The Balaban J connectivity index is 1.60. The summed E-state index contributed by atoms with van der Waals surface area (Å²) < 4.78 is 1.82. The van der Waals surface area contributed by atoms with Crippen LogP contribution in [0, 0.1) is 23.2 Å². The summed E-state index contributed by atoms with van der Waals surface area (Å²) in [6.07, 6.45) is 2.49. The highest BCUT2D eigenvalue weighted by Gasteiger charge is 2.87. The third kappa shape index (κ3) is 3.34. The summed E-state index contributed by atoms with van der Waals surface area (Å²) in [6.45, 7) is 0.542. The molecule has 172 valence electrons. The molecule has 0 bridgehead atoms. The van der Waals surface area contributed by atoms with Crippen molar-refractivity contribution in [1.82, 2.24) is 9.95 Å². The Hall–Kier alpha value is -2.88. The summed E-state index contributed by atoms with van der Waals surface area (Å²) >= 11 is 1.43. The van der Waals surface area contributed by atoms with Crippen LogP contribution in [0.15, 0.2) is 65.8 Å². The molecule has 3 aliphatic rings. The van der Waals surface area contributed by atoms with E-state index in [1.807, 2.05) is 65.1 Å². The maximum atomic E-state index is 12.9. The van der Waals surface area contributed by atoms with Crippen molar-refractivity contribution in [3.63, 3.8) is 0 Å². The van der Waals surface area contributed by atoms with Crippen LogP contribution in [0.25, 0.3) is 0 Å². The number of rotatable bonds is 8. The first kappa shape index (κ1) is 21.9. The Morgan fingerprint density at radius 1 is 1.09 bits per heavy atom. The SMILES string of the molecule is N[C@@]1(C(=O)O)C(Cc2ccccc2)[C@H](SN2CC=NN2)[C@@H]2[C@@H](C(=O)O)[C@]21Cc1ccccc1. The first-order valence-corrected chi connectivity index (χ1v) is 11.8. The molecule has 6 atom stereocenters. The minimum atomic E-state index is -1.70. The number of benzene rings is 2. The lowest BCUT2D eigenvalue weighted by Gasteiger charge is -2.40. The average Bonchev–Trinajstić information content (AvgIpc) is 3.09. The van der Waals surface area contributed by atoms with E-state index < -0.39 is 34.7 Å². The summed E-state index contributed by atoms with van der Waals surface area (Å²) in [5.41, 5.74) is 8.91. The maximum absolute atomic E-state index is 12.9. The van der Waals surface area contributed by atoms with Crippen LogP contribution in [0.2, 0.25) is 0 Å². The molecule has 0 amide bonds. The van der Waals surface area contributed by atoms with Gasteiger partial charge in [0, 0.05) is 22.8 Å². The Morgan fingerprint density at radius 3 is 2.27 bits per heavy atom. The summed E-state index contributed by atoms with van der Waals surface area (Å²) in [4.78, 5) is 25.3. The van der Waals surface area contributed by atoms with Gasteiger partial charge in [-0.25, -0.2) is 5.53 Å². The first-order valence-electron chi connectivity index (χ1n) is 10.9. The number of carboxylic acid groups (broad SMARTS) is 2. The largest absolute Gasteiger partial charge is 0.481 e. The molecular formula is C24H26N4O4S. The second-order valence-corrected chi connectivity index (χ2v) is 10.3. The summed E-state index contributed by atoms with van der Waals surface area (Å²) in [5, 5.41) is 24.4. The molecule has 1 heterocycles. The fourth-order valence-electron chi connectivity index (χ4n) is 6.14. The quantitative estimate of drug-likeness (QED) is 0.435. The van der Waals surface area contributed by atoms with Gasteiger partial charge in [0.1, 0.15) is 5.54 Å². The van der Waals surface area contributed by atoms with E-state index in [1.54, 1.807) is 6.21 Å². The Bertz CT molecular complexity index is 1080. The Morgan fingerprint density at radius 2 is 1.73 bits per heavy atom. The van der Waals surface area contributed by atoms with Crippen molar-refractivity contribution in [3.05, 3.63) is 71.8 Å². The molecule has 5 rings (SSSR count). The fourth-order valence-corrected chi connectivity index (χ4v) is 7.67. The first-order chi connectivity index (χ1) is 15.9. The lowest BCUT2D eigenvalue weighted by molar-refractivity contribution is -0.150. The van der Waals surface area contributed by atoms with Crippen LogP contribution in [0.1, 0.15) is 11.1 Å². The molecule has 9 heteroatoms. The topological polar surface area (TPSA) is 128 Å². The van der Waals surface area contributed by atoms with Crippen LogP contribution in [-0.4, -0.2) is 50.1 Å². The van der Waals surface area contributed by atoms with Gasteiger partial charge in [0.2, 0.25) is 0 Å². The van der Waals surface area contributed by atoms with E-state index in [9.17, 15) is 19.8 Å². The average molecular weight is 467 g/mol. The molecule has 0 saturated heterocycles. The van der Waals surface area contributed by atoms with Gasteiger partial charge >= 0.3 is 11.9 Å². The zero-order chi connectivity index (χ0) is 23.2. The molecule has 5 N–H and O–H groups in total. The smallest absolute Gasteiger partial charge is 0.324 e. The number of fused-ring (bicyclic) bond motifs is 1. The number of carboxylic acids is 2. The van der Waals surface area contributed by atoms with E-state index in [-0.39, 0.29) is 11.2 Å². The number of nitrogens with two attached hydrogens (primary N) is 1. The minimum Gasteiger partial charge on any atom is -0.481 e. The van der Waals surface area contributed by atoms with Gasteiger partial charge in [0.25, 0.3) is 0 Å². The van der Waals surface area contributed by atoms with E-state index in [4.69, 9.17) is 5.73 Å². The van der Waals surface area contributed by atoms with E-state index in [0.717, 1.165) is 11.1 Å². The summed E-state index contributed by atoms with van der Waals surface area (Å²) in [5.74, 6) is -3.79. The van der Waals surface area contributed by atoms with Crippen molar-refractivity contribution in [2.24, 2.45) is 34.0 Å². The predicted molar refractivity (Wildman–Crippen MR) is 125 cm³/mol. The molecule has 0 aromatic heterocycles. The summed E-state index contributed by atoms with van der Waals surface area (Å²) in [6, 6.07) is 19.1. The van der Waals surface area contributed by atoms with Crippen molar-refractivity contribution in [2.45, 2.75) is 23.6 Å². The van der Waals surface area contributed by atoms with Crippen molar-refractivity contribution in [2.75, 3.05) is 6.54 Å². The van der Waals surface area contributed by atoms with Gasteiger partial charge in [-0.2, -0.15) is 5.10 Å². The molecule has 2 fully saturated rings. The highest BCUT2D eigenvalue weighted by Crippen LogP contribution is 2.77. The standard InChI is InChI=1S/C24H26N4O4S/c25-24(22(31)32)17(13-15-7-3-1-4-8-15)20(33-28-12-11-26-27-28)18-19(21(29)30)23(18,24)14-16-9-5-2-6-10-16/h1-11,17-20,27H,12-14,25H2,(H,29,30)(H,31,32)/t17?,18-,19-,20-,23-,24+/m0/s1. The Labute approximate surface area is 196 Å². The molecule has 2 aromatic carbocycles. The van der Waals surface area contributed by atoms with E-state index in [0.29, 0.717) is 19.4 Å². The van der Waals surface area contributed by atoms with Gasteiger partial charge in [-0.3, -0.25) is 9.59 Å². The zero-order valence-corrected chi connectivity index (χ0v) is 18.7. The molecule has 2 aliphatic carbocycles. The third-order valence-corrected chi connectivity index (χ3v) is 8.87. The van der Waals surface area contributed by atoms with Gasteiger partial charge in [0.05, 0.1) is 12.5 Å². The molecule has 2 aromatic rings. The second-order valence-electron chi connectivity index (χ2n) is 9.06. The van der Waals surface area contributed by atoms with Crippen LogP contribution in [0.5, 0.6) is 0 Å². The molecule has 1 aliphatic heterocycles. The van der Waals surface area contributed by atoms with E-state index >= 15 is 0 Å². The maximum Gasteiger partial charge on any atom is 0.324 e. The number of nitrogens with zero attached hydrogens (tertiary/aromatic N) is 2. The van der Waals surface area contributed by atoms with Crippen LogP contribution in [0.4, 0.5) is 0 Å². The van der Waals surface area contributed by atoms with Gasteiger partial charge in [-0.15, -0.1) is 4.41 Å². The van der Waals surface area contributed by atoms with Gasteiger partial charge in [-0.05, 0) is 29.9 Å². The number of hydrazone groups is 1. The molecule has 8 nitrogen and oxygen atoms in total. The van der Waals surface area contributed by atoms with Gasteiger partial charge < -0.3 is 15.9 Å². The highest BCUT2D eigenvalue weighted by atomic mass is 32.2. The second kappa shape index (κ2) is 8.16. The minimum absolute atomic E-state index is 0.301. The lowest BCUT2D eigenvalue weighted by atomic mass is 9.69. The molecular weight excluding hydrogens is 440 g/mol. The number of aliphatic carboxylic acids is 2. The monoisotopic (exact) mass is 466 g/mol. The fraction of sp³-hybridized carbons (Fsp3) is 0.375. The third-order valence-electron chi connectivity index (χ3n) is 7.52. The van der Waals surface area contributed by atoms with Crippen molar-refractivity contribution >= 4 is 30.1 Å². The number of hydrogen-bond donors (Lipinski definition) is 4. The van der Waals surface area contributed by atoms with Crippen molar-refractivity contribution in [1.29, 1.82) is 0 Å². The van der Waals surface area contributed by atoms with Crippen LogP contribution < -0.4 is 11.3 Å². The number of carbonyl (C=O) groups is 2. The summed E-state index contributed by atoms with van der Waals surface area (Å²) in [7, 11) is 0. The molecule has 33 heavy (non-hydrogen) atoms. The van der Waals surface area contributed by atoms with Crippen LogP contribution in [-0.2, 0) is 22.4 Å². The van der Waals surface area contributed by atoms with E-state index in [1.165, 1.54) is 11.9 Å². The molecule has 0 spiro atoms. The van der Waals surface area contributed by atoms with Gasteiger partial charge in [0.15, 0.2) is 0 Å². The van der Waals surface area contributed by atoms with Gasteiger partial charge in [-0.1, -0.05) is 72.6 Å². The zero-order valence-electron chi connectivity index (χ0n) is 17.9. The number of hydrogen-bond acceptors (Lipinski definition) is 7. The highest BCUT2D eigenvalue weighted by molar-refractivity contribution is 7.97.